The summed E-state index contributed by atoms with van der Waals surface area (Å²) in [5.41, 5.74) is 6.83. The van der Waals surface area contributed by atoms with Crippen LogP contribution in [-0.2, 0) is 18.0 Å². The van der Waals surface area contributed by atoms with Gasteiger partial charge >= 0.3 is 6.09 Å². The van der Waals surface area contributed by atoms with Crippen molar-refractivity contribution in [1.82, 2.24) is 44.7 Å². The molecule has 125 heavy (non-hydrogen) atoms. The Hall–Kier alpha value is -15.1. The Morgan fingerprint density at radius 1 is 0.376 bits per heavy atom. The molecule has 26 heteroatoms. The number of carbonyl (C=O) groups excluding carboxylic acids is 6. The molecule has 0 saturated carbocycles. The van der Waals surface area contributed by atoms with Crippen LogP contribution >= 0.6 is 15.9 Å². The number of alkyl carbamates (subject to hydrolysis) is 1. The zero-order valence-corrected chi connectivity index (χ0v) is 70.6. The van der Waals surface area contributed by atoms with E-state index in [0.29, 0.717) is 11.1 Å². The number of nitrogens with zero attached hydrogens (tertiary/aromatic N) is 9. The van der Waals surface area contributed by atoms with Crippen molar-refractivity contribution in [3.8, 4) is 17.2 Å². The van der Waals surface area contributed by atoms with Crippen LogP contribution in [0, 0.1) is 0 Å². The van der Waals surface area contributed by atoms with Crippen molar-refractivity contribution in [3.05, 3.63) is 442 Å². The molecule has 634 valence electrons. The number of nitrogens with one attached hydrogen (secondary N) is 3. The van der Waals surface area contributed by atoms with E-state index in [4.69, 9.17) is 14.2 Å². The summed E-state index contributed by atoms with van der Waals surface area (Å²) in [6, 6.07) is 98.2. The summed E-state index contributed by atoms with van der Waals surface area (Å²) >= 11 is 3.43. The van der Waals surface area contributed by atoms with E-state index in [-0.39, 0.29) is 153 Å². The fourth-order valence-electron chi connectivity index (χ4n) is 15.1. The number of rotatable bonds is 26. The molecule has 10 aromatic carbocycles. The Labute approximate surface area is 731 Å². The van der Waals surface area contributed by atoms with E-state index < -0.39 is 34.2 Å². The number of hydrogen-bond acceptors (Lipinski definition) is 16. The Balaban J connectivity index is 0.000000153. The van der Waals surface area contributed by atoms with Crippen LogP contribution in [0.25, 0.3) is 0 Å². The summed E-state index contributed by atoms with van der Waals surface area (Å²) in [4.78, 5) is 123. The number of hydrogen-bond donors (Lipinski definition) is 4. The molecule has 3 aliphatic heterocycles. The van der Waals surface area contributed by atoms with Gasteiger partial charge in [-0.2, -0.15) is 0 Å². The Morgan fingerprint density at radius 3 is 1.03 bits per heavy atom. The molecule has 0 bridgehead atoms. The number of fused-ring (bicyclic) bond motifs is 3. The predicted molar refractivity (Wildman–Crippen MR) is 481 cm³/mol. The molecule has 4 N–H and O–H groups in total. The molecule has 0 saturated heterocycles. The van der Waals surface area contributed by atoms with Gasteiger partial charge in [0.15, 0.2) is 34.3 Å². The van der Waals surface area contributed by atoms with Crippen molar-refractivity contribution in [2.75, 3.05) is 74.3 Å². The molecule has 6 amide bonds. The highest BCUT2D eigenvalue weighted by molar-refractivity contribution is 9.10. The van der Waals surface area contributed by atoms with Gasteiger partial charge in [0, 0.05) is 81.1 Å². The first-order chi connectivity index (χ1) is 60.8. The van der Waals surface area contributed by atoms with Gasteiger partial charge in [-0.3, -0.25) is 67.4 Å². The van der Waals surface area contributed by atoms with E-state index in [2.05, 4.69) is 36.9 Å². The van der Waals surface area contributed by atoms with Gasteiger partial charge in [0.05, 0.1) is 22.6 Å². The number of aromatic hydroxyl groups is 1. The van der Waals surface area contributed by atoms with Gasteiger partial charge in [-0.15, -0.1) is 0 Å². The van der Waals surface area contributed by atoms with Gasteiger partial charge in [0.1, 0.15) is 38.8 Å². The predicted octanol–water partition coefficient (Wildman–Crippen LogP) is 14.0. The van der Waals surface area contributed by atoms with Gasteiger partial charge in [-0.05, 0) is 105 Å². The minimum atomic E-state index is -0.654. The Kier molecular flexibility index (Phi) is 28.0. The van der Waals surface area contributed by atoms with E-state index in [9.17, 15) is 48.3 Å². The van der Waals surface area contributed by atoms with Crippen LogP contribution in [0.15, 0.2) is 353 Å². The second-order valence-corrected chi connectivity index (χ2v) is 31.4. The average Bonchev–Trinajstić information content (AvgIpc) is 0.752. The van der Waals surface area contributed by atoms with Crippen LogP contribution in [0.3, 0.4) is 0 Å². The molecule has 0 atom stereocenters. The minimum absolute atomic E-state index is 0.00996. The highest BCUT2D eigenvalue weighted by Crippen LogP contribution is 2.37. The molecule has 0 unspecified atom stereocenters. The largest absolute Gasteiger partial charge is 0.502 e. The van der Waals surface area contributed by atoms with E-state index in [1.54, 1.807) is 106 Å². The second kappa shape index (κ2) is 40.5. The molecular formula is C99H93BrN12O13. The molecular weight excluding hydrogens is 1650 g/mol. The van der Waals surface area contributed by atoms with Gasteiger partial charge in [0.25, 0.3) is 29.5 Å². The van der Waals surface area contributed by atoms with E-state index in [0.717, 1.165) is 44.5 Å². The molecule has 0 fully saturated rings. The third kappa shape index (κ3) is 20.9. The van der Waals surface area contributed by atoms with Crippen molar-refractivity contribution in [2.45, 2.75) is 57.7 Å². The van der Waals surface area contributed by atoms with Crippen LogP contribution in [0.4, 0.5) is 4.79 Å². The first kappa shape index (κ1) is 86.3. The maximum absolute atomic E-state index is 14.2. The average molecular weight is 1740 g/mol. The summed E-state index contributed by atoms with van der Waals surface area (Å²) in [6.07, 6.45) is 4.21. The third-order valence-electron chi connectivity index (χ3n) is 20.9. The van der Waals surface area contributed by atoms with Crippen molar-refractivity contribution in [3.63, 3.8) is 0 Å². The fraction of sp³-hybridized carbons (Fsp3) is 0.182. The number of pyridine rings is 3. The summed E-state index contributed by atoms with van der Waals surface area (Å²) in [6.45, 7) is 7.32. The van der Waals surface area contributed by atoms with Gasteiger partial charge in [-0.25, -0.2) is 4.79 Å². The summed E-state index contributed by atoms with van der Waals surface area (Å²) < 4.78 is 22.9. The second-order valence-electron chi connectivity index (χ2n) is 30.6. The summed E-state index contributed by atoms with van der Waals surface area (Å²) in [5, 5.41) is 25.2. The molecule has 0 aliphatic carbocycles. The third-order valence-corrected chi connectivity index (χ3v) is 21.5. The van der Waals surface area contributed by atoms with Crippen LogP contribution in [0.5, 0.6) is 17.2 Å². The SMILES string of the molecule is CC(C)(C)OC(=O)NCCN1CN(C(c2ccccc2)c2ccccc2)n2cc(Br)c(=O)c(OCc3ccccc3)c2C1=O.O=C(NCCN1CN(C(c2ccccc2)c2ccccc2)n2ccc(=O)c(O)c2C1=O)c1ccccc1.O=C(NCCN1CN(C(c2ccccc2)c2ccccc2)n2ccc(=O)c(OCc3ccccc3)c2C1=O)c1ccccc1. The lowest BCUT2D eigenvalue weighted by molar-refractivity contribution is 0.0505. The minimum Gasteiger partial charge on any atom is -0.502 e. The molecule has 3 aliphatic rings. The smallest absolute Gasteiger partial charge is 0.407 e. The lowest BCUT2D eigenvalue weighted by Crippen LogP contribution is -2.57. The number of amides is 6. The lowest BCUT2D eigenvalue weighted by atomic mass is 9.98. The van der Waals surface area contributed by atoms with Crippen LogP contribution in [0.1, 0.15) is 136 Å². The number of carbonyl (C=O) groups is 6. The highest BCUT2D eigenvalue weighted by atomic mass is 79.9. The Morgan fingerprint density at radius 2 is 0.672 bits per heavy atom. The topological polar surface area (TPSA) is 272 Å². The lowest BCUT2D eigenvalue weighted by Gasteiger charge is -2.44. The molecule has 3 aromatic heterocycles. The monoisotopic (exact) mass is 1740 g/mol. The van der Waals surface area contributed by atoms with Crippen molar-refractivity contribution in [1.29, 1.82) is 0 Å². The normalized spacial score (nSPS) is 12.9. The Bertz CT molecular complexity index is 5950. The first-order valence-corrected chi connectivity index (χ1v) is 41.7. The molecule has 16 rings (SSSR count). The standard InChI is InChI=1S/C36H32N4O4.C34H35BrN4O5.C29H26N4O4/c41-31-21-23-39-33(34(31)44-25-27-13-5-1-6-14-27)36(43)38(24-22-37-35(42)30-19-11-4-12-20-30)26-40(39)32(28-15-7-2-8-16-28)29-17-9-3-10-18-29;1-34(2,3)44-33(42)36-19-20-37-23-39(28(25-15-9-5-10-16-25)26-17-11-6-12-18-26)38-21-27(35)30(40)31(29(38)32(37)41)43-22-24-13-7-4-8-14-24;34-24-16-18-32-26(27(24)35)29(37)31(19-17-30-28(36)23-14-8-3-9-15-23)20-33(32)25(21-10-4-1-5-11-21)22-12-6-2-7-13-22/h1-21,23,32H,22,24-26H2,(H,37,42);4-18,21,28H,19-20,22-23H2,1-3H3,(H,36,42);1-16,18,25,35H,17,19-20H2,(H,30,36). The molecule has 13 aromatic rings. The molecule has 6 heterocycles. The number of halogens is 1. The number of ether oxygens (including phenoxy) is 3. The maximum Gasteiger partial charge on any atom is 0.407 e. The summed E-state index contributed by atoms with van der Waals surface area (Å²) in [7, 11) is 0. The quantitative estimate of drug-likeness (QED) is 0.0392. The van der Waals surface area contributed by atoms with Crippen molar-refractivity contribution in [2.24, 2.45) is 0 Å². The summed E-state index contributed by atoms with van der Waals surface area (Å²) in [5.74, 6) is -2.35. The van der Waals surface area contributed by atoms with Crippen LogP contribution in [-0.4, -0.2) is 134 Å². The number of benzene rings is 10. The fourth-order valence-corrected chi connectivity index (χ4v) is 15.4. The first-order valence-electron chi connectivity index (χ1n) is 40.9. The highest BCUT2D eigenvalue weighted by Gasteiger charge is 2.41. The van der Waals surface area contributed by atoms with Gasteiger partial charge in [-0.1, -0.05) is 279 Å². The van der Waals surface area contributed by atoms with Crippen LogP contribution < -0.4 is 56.7 Å². The zero-order chi connectivity index (χ0) is 87.4. The van der Waals surface area contributed by atoms with E-state index in [1.807, 2.05) is 265 Å². The zero-order valence-electron chi connectivity index (χ0n) is 69.0. The maximum atomic E-state index is 14.2. The van der Waals surface area contributed by atoms with E-state index in [1.165, 1.54) is 23.2 Å². The molecule has 0 spiro atoms. The number of aromatic nitrogens is 3. The van der Waals surface area contributed by atoms with Crippen molar-refractivity contribution >= 4 is 51.6 Å². The van der Waals surface area contributed by atoms with E-state index >= 15 is 0 Å². The molecule has 0 radical (unpaired) electrons. The van der Waals surface area contributed by atoms with Gasteiger partial charge < -0.3 is 50.0 Å². The van der Waals surface area contributed by atoms with Crippen LogP contribution in [0.2, 0.25) is 0 Å². The molecule has 25 nitrogen and oxygen atoms in total. The van der Waals surface area contributed by atoms with Gasteiger partial charge in [0.2, 0.25) is 16.3 Å². The van der Waals surface area contributed by atoms with Crippen molar-refractivity contribution < 1.29 is 48.1 Å².